The van der Waals surface area contributed by atoms with Gasteiger partial charge in [-0.05, 0) is 0 Å². The second-order valence-corrected chi connectivity index (χ2v) is 2.52. The summed E-state index contributed by atoms with van der Waals surface area (Å²) in [5, 5.41) is 9.46. The molecule has 0 fully saturated rings. The van der Waals surface area contributed by atoms with Crippen molar-refractivity contribution in [2.75, 3.05) is 13.1 Å². The van der Waals surface area contributed by atoms with E-state index >= 15 is 0 Å². The van der Waals surface area contributed by atoms with Crippen molar-refractivity contribution in [3.05, 3.63) is 12.1 Å². The Bertz CT molecular complexity index is 379. The van der Waals surface area contributed by atoms with E-state index in [9.17, 15) is 0 Å². The summed E-state index contributed by atoms with van der Waals surface area (Å²) in [6, 6.07) is 0. The van der Waals surface area contributed by atoms with E-state index in [1.807, 2.05) is 0 Å². The van der Waals surface area contributed by atoms with E-state index in [4.69, 9.17) is 4.42 Å². The molecule has 2 aliphatic heterocycles. The summed E-state index contributed by atoms with van der Waals surface area (Å²) < 4.78 is 4.99. The summed E-state index contributed by atoms with van der Waals surface area (Å²) in [6.07, 6.45) is 1.36. The highest BCUT2D eigenvalue weighted by Crippen LogP contribution is 2.26. The Balaban J connectivity index is 2.23. The van der Waals surface area contributed by atoms with Crippen LogP contribution in [0, 0.1) is 0 Å². The smallest absolute Gasteiger partial charge is 0.271 e. The lowest BCUT2D eigenvalue weighted by Gasteiger charge is -2.13. The maximum absolute atomic E-state index is 4.99. The Hall–Kier alpha value is -1.72. The number of fused-ring (bicyclic) bond motifs is 3. The van der Waals surface area contributed by atoms with Crippen LogP contribution in [0.15, 0.2) is 26.1 Å². The van der Waals surface area contributed by atoms with Gasteiger partial charge in [0.1, 0.15) is 0 Å². The van der Waals surface area contributed by atoms with Crippen molar-refractivity contribution in [3.63, 3.8) is 0 Å². The predicted molar refractivity (Wildman–Crippen MR) is 39.1 cm³/mol. The first-order chi connectivity index (χ1) is 5.95. The molecule has 2 aliphatic rings. The highest BCUT2D eigenvalue weighted by atomic mass is 16.4. The molecule has 1 aromatic heterocycles. The molecule has 12 heavy (non-hydrogen) atoms. The number of oxazole rings is 1. The van der Waals surface area contributed by atoms with Crippen LogP contribution in [-0.2, 0) is 0 Å². The van der Waals surface area contributed by atoms with Crippen molar-refractivity contribution in [2.45, 2.75) is 0 Å². The van der Waals surface area contributed by atoms with E-state index in [-0.39, 0.29) is 0 Å². The monoisotopic (exact) mass is 163 g/mol. The molecule has 60 valence electrons. The third-order valence-corrected chi connectivity index (χ3v) is 1.82. The largest absolute Gasteiger partial charge is 0.424 e. The van der Waals surface area contributed by atoms with Crippen LogP contribution in [0.2, 0.25) is 0 Å². The minimum absolute atomic E-state index is 0.451. The number of amidine groups is 1. The van der Waals surface area contributed by atoms with Gasteiger partial charge in [0.2, 0.25) is 0 Å². The van der Waals surface area contributed by atoms with Crippen LogP contribution in [0.3, 0.4) is 0 Å². The summed E-state index contributed by atoms with van der Waals surface area (Å²) in [7, 11) is 0. The van der Waals surface area contributed by atoms with Gasteiger partial charge in [0.05, 0.1) is 13.1 Å². The molecule has 0 amide bonds. The number of hydrogen-bond acceptors (Lipinski definition) is 6. The first-order valence-corrected chi connectivity index (χ1v) is 3.62. The summed E-state index contributed by atoms with van der Waals surface area (Å²) in [4.78, 5) is 8.24. The predicted octanol–water partition coefficient (Wildman–Crippen LogP) is 0.749. The fourth-order valence-electron chi connectivity index (χ4n) is 1.28. The Kier molecular flexibility index (Phi) is 0.931. The topological polar surface area (TPSA) is 66.3 Å². The number of hydrogen-bond donors (Lipinski definition) is 0. The molecular formula is C6H5N5O. The summed E-state index contributed by atoms with van der Waals surface area (Å²) in [5.41, 5.74) is 0.697. The maximum Gasteiger partial charge on any atom is 0.271 e. The lowest BCUT2D eigenvalue weighted by Crippen LogP contribution is -2.24. The van der Waals surface area contributed by atoms with Crippen LogP contribution in [0.25, 0.3) is 0 Å². The van der Waals surface area contributed by atoms with Crippen molar-refractivity contribution >= 4 is 11.7 Å². The quantitative estimate of drug-likeness (QED) is 0.566. The van der Waals surface area contributed by atoms with Gasteiger partial charge < -0.3 is 4.42 Å². The first kappa shape index (κ1) is 5.87. The van der Waals surface area contributed by atoms with Crippen molar-refractivity contribution < 1.29 is 4.42 Å². The van der Waals surface area contributed by atoms with Crippen molar-refractivity contribution in [1.82, 2.24) is 9.99 Å². The summed E-state index contributed by atoms with van der Waals surface area (Å²) >= 11 is 0. The van der Waals surface area contributed by atoms with Gasteiger partial charge in [0.15, 0.2) is 17.9 Å². The van der Waals surface area contributed by atoms with E-state index in [1.54, 1.807) is 5.01 Å². The molecule has 0 unspecified atom stereocenters. The molecule has 6 heteroatoms. The molecule has 0 N–H and O–H groups in total. The SMILES string of the molecule is c1nc2c(o1)N=NN1CCN=C21. The zero-order valence-electron chi connectivity index (χ0n) is 6.14. The van der Waals surface area contributed by atoms with E-state index in [0.717, 1.165) is 18.9 Å². The molecule has 0 spiro atoms. The Morgan fingerprint density at radius 3 is 3.50 bits per heavy atom. The normalized spacial score (nSPS) is 19.0. The van der Waals surface area contributed by atoms with Crippen LogP contribution in [0.4, 0.5) is 5.88 Å². The minimum Gasteiger partial charge on any atom is -0.424 e. The van der Waals surface area contributed by atoms with Crippen molar-refractivity contribution in [2.24, 2.45) is 15.3 Å². The molecule has 0 saturated carbocycles. The molecule has 0 aliphatic carbocycles. The Morgan fingerprint density at radius 2 is 2.50 bits per heavy atom. The highest BCUT2D eigenvalue weighted by Gasteiger charge is 2.28. The number of nitrogens with zero attached hydrogens (tertiary/aromatic N) is 5. The fourth-order valence-corrected chi connectivity index (χ4v) is 1.28. The average Bonchev–Trinajstić information content (AvgIpc) is 2.71. The lowest BCUT2D eigenvalue weighted by atomic mass is 10.4. The van der Waals surface area contributed by atoms with Gasteiger partial charge >= 0.3 is 0 Å². The molecule has 1 aromatic rings. The summed E-state index contributed by atoms with van der Waals surface area (Å²) in [5.74, 6) is 1.22. The number of aromatic nitrogens is 1. The van der Waals surface area contributed by atoms with Crippen LogP contribution in [0.5, 0.6) is 0 Å². The lowest BCUT2D eigenvalue weighted by molar-refractivity contribution is 0.438. The first-order valence-electron chi connectivity index (χ1n) is 3.62. The second-order valence-electron chi connectivity index (χ2n) is 2.52. The molecule has 0 bridgehead atoms. The fraction of sp³-hybridized carbons (Fsp3) is 0.333. The van der Waals surface area contributed by atoms with Crippen LogP contribution < -0.4 is 0 Å². The van der Waals surface area contributed by atoms with E-state index in [0.29, 0.717) is 11.6 Å². The van der Waals surface area contributed by atoms with E-state index in [1.165, 1.54) is 6.39 Å². The Morgan fingerprint density at radius 1 is 1.50 bits per heavy atom. The zero-order chi connectivity index (χ0) is 7.97. The van der Waals surface area contributed by atoms with Crippen LogP contribution in [-0.4, -0.2) is 28.9 Å². The second kappa shape index (κ2) is 1.90. The molecule has 0 aromatic carbocycles. The standard InChI is InChI=1S/C6H5N5O/c1-2-11-5(7-1)4-6(9-10-11)12-3-8-4/h3H,1-2H2. The van der Waals surface area contributed by atoms with Gasteiger partial charge in [0.25, 0.3) is 5.88 Å². The summed E-state index contributed by atoms with van der Waals surface area (Å²) in [6.45, 7) is 1.53. The van der Waals surface area contributed by atoms with Gasteiger partial charge in [-0.2, -0.15) is 0 Å². The third-order valence-electron chi connectivity index (χ3n) is 1.82. The molecule has 0 radical (unpaired) electrons. The van der Waals surface area contributed by atoms with E-state index < -0.39 is 0 Å². The molecule has 3 rings (SSSR count). The van der Waals surface area contributed by atoms with Gasteiger partial charge in [-0.15, -0.1) is 0 Å². The van der Waals surface area contributed by atoms with E-state index in [2.05, 4.69) is 20.3 Å². The Labute approximate surface area is 67.6 Å². The number of aliphatic imine (C=N–C) groups is 1. The minimum atomic E-state index is 0.451. The molecular weight excluding hydrogens is 158 g/mol. The third kappa shape index (κ3) is 0.590. The zero-order valence-corrected chi connectivity index (χ0v) is 6.14. The molecule has 0 atom stereocenters. The molecule has 6 nitrogen and oxygen atoms in total. The molecule has 0 saturated heterocycles. The van der Waals surface area contributed by atoms with Crippen LogP contribution in [0.1, 0.15) is 5.69 Å². The van der Waals surface area contributed by atoms with Gasteiger partial charge in [-0.1, -0.05) is 10.3 Å². The van der Waals surface area contributed by atoms with Crippen LogP contribution >= 0.6 is 0 Å². The van der Waals surface area contributed by atoms with Crippen molar-refractivity contribution in [3.8, 4) is 0 Å². The molecule has 3 heterocycles. The number of rotatable bonds is 0. The van der Waals surface area contributed by atoms with Gasteiger partial charge in [-0.3, -0.25) is 4.99 Å². The highest BCUT2D eigenvalue weighted by molar-refractivity contribution is 6.01. The van der Waals surface area contributed by atoms with Crippen molar-refractivity contribution in [1.29, 1.82) is 0 Å². The average molecular weight is 163 g/mol. The van der Waals surface area contributed by atoms with Gasteiger partial charge in [-0.25, -0.2) is 9.99 Å². The van der Waals surface area contributed by atoms with Gasteiger partial charge in [0, 0.05) is 0 Å². The maximum atomic E-state index is 4.99.